The van der Waals surface area contributed by atoms with Crippen LogP contribution in [0, 0.1) is 0 Å². The third-order valence-corrected chi connectivity index (χ3v) is 26.7. The van der Waals surface area contributed by atoms with Gasteiger partial charge in [-0.2, -0.15) is 0 Å². The van der Waals surface area contributed by atoms with Crippen LogP contribution in [0.2, 0.25) is 10.6 Å². The van der Waals surface area contributed by atoms with Crippen molar-refractivity contribution in [2.24, 2.45) is 0 Å². The van der Waals surface area contributed by atoms with Gasteiger partial charge in [0.1, 0.15) is 0 Å². The van der Waals surface area contributed by atoms with E-state index in [4.69, 9.17) is 0 Å². The molecule has 1 fully saturated rings. The minimum atomic E-state index is -2.76. The molecule has 1 aliphatic rings. The summed E-state index contributed by atoms with van der Waals surface area (Å²) in [5.41, 5.74) is -0.681. The van der Waals surface area contributed by atoms with Crippen LogP contribution in [0.4, 0.5) is 0 Å². The van der Waals surface area contributed by atoms with E-state index in [9.17, 15) is 9.13 Å². The summed E-state index contributed by atoms with van der Waals surface area (Å²) in [5, 5.41) is 1.84. The van der Waals surface area contributed by atoms with Gasteiger partial charge in [0.05, 0.1) is 0 Å². The third kappa shape index (κ3) is 5.70. The second-order valence-electron chi connectivity index (χ2n) is 9.17. The van der Waals surface area contributed by atoms with E-state index in [0.717, 1.165) is 23.7 Å². The molecule has 1 saturated heterocycles. The van der Waals surface area contributed by atoms with Crippen molar-refractivity contribution in [2.75, 3.05) is 41.3 Å². The molecule has 0 aromatic rings. The fourth-order valence-electron chi connectivity index (χ4n) is 2.83. The van der Waals surface area contributed by atoms with Crippen LogP contribution >= 0.6 is 12.3 Å². The van der Waals surface area contributed by atoms with Gasteiger partial charge >= 0.3 is 174 Å². The number of rotatable bonds is 8. The number of hydrogen-bond acceptors (Lipinski definition) is 4. The molecule has 0 N–H and O–H groups in total. The summed E-state index contributed by atoms with van der Waals surface area (Å²) >= 11 is -0.132. The second-order valence-corrected chi connectivity index (χ2v) is 24.8. The normalized spacial score (nSPS) is 28.8. The fraction of sp³-hybridized carbons (Fsp3) is 1.00. The molecule has 0 unspecified atom stereocenters. The van der Waals surface area contributed by atoms with E-state index in [1.807, 2.05) is 37.1 Å². The van der Waals surface area contributed by atoms with E-state index in [1.165, 1.54) is 0 Å². The van der Waals surface area contributed by atoms with Crippen molar-refractivity contribution in [1.29, 1.82) is 0 Å². The Balaban J connectivity index is 3.22. The van der Waals surface area contributed by atoms with Gasteiger partial charge in [0, 0.05) is 0 Å². The van der Waals surface area contributed by atoms with Crippen LogP contribution in [0.5, 0.6) is 0 Å². The first-order chi connectivity index (χ1) is 11.6. The van der Waals surface area contributed by atoms with Gasteiger partial charge in [0.25, 0.3) is 0 Å². The molecule has 0 amide bonds. The standard InChI is InChI=1S/C16H38N4O2P2Se2/c1-15(2,3)19-23(21,25-13-11-17(7)8)20(16(4,5)6)24(19,22)26-14-12-18(9)10/h11-14H2,1-10H3. The van der Waals surface area contributed by atoms with Crippen LogP contribution in [0.1, 0.15) is 41.5 Å². The molecule has 26 heavy (non-hydrogen) atoms. The number of hydrogen-bond donors (Lipinski definition) is 0. The molecule has 156 valence electrons. The summed E-state index contributed by atoms with van der Waals surface area (Å²) in [6.07, 6.45) is -5.51. The zero-order valence-corrected chi connectivity index (χ0v) is 23.4. The first-order valence-corrected chi connectivity index (χ1v) is 19.1. The zero-order chi connectivity index (χ0) is 20.6. The van der Waals surface area contributed by atoms with Gasteiger partial charge in [0.2, 0.25) is 0 Å². The van der Waals surface area contributed by atoms with Gasteiger partial charge in [-0.25, -0.2) is 0 Å². The Kier molecular flexibility index (Phi) is 8.79. The van der Waals surface area contributed by atoms with Crippen molar-refractivity contribution < 1.29 is 9.13 Å². The van der Waals surface area contributed by atoms with Crippen molar-refractivity contribution in [3.63, 3.8) is 0 Å². The molecule has 1 aliphatic heterocycles. The minimum absolute atomic E-state index is 0.0661. The molecule has 0 radical (unpaired) electrons. The Morgan fingerprint density at radius 1 is 0.692 bits per heavy atom. The predicted molar refractivity (Wildman–Crippen MR) is 117 cm³/mol. The van der Waals surface area contributed by atoms with Crippen molar-refractivity contribution in [2.45, 2.75) is 63.3 Å². The Labute approximate surface area is 173 Å². The maximum atomic E-state index is 14.2. The van der Waals surface area contributed by atoms with Crippen LogP contribution in [0.15, 0.2) is 0 Å². The van der Waals surface area contributed by atoms with Gasteiger partial charge in [-0.3, -0.25) is 0 Å². The van der Waals surface area contributed by atoms with Crippen LogP contribution in [-0.2, 0) is 9.13 Å². The topological polar surface area (TPSA) is 47.1 Å². The molecule has 0 atom stereocenters. The molecule has 0 spiro atoms. The van der Waals surface area contributed by atoms with E-state index in [1.54, 1.807) is 0 Å². The second kappa shape index (κ2) is 9.00. The van der Waals surface area contributed by atoms with E-state index in [2.05, 4.69) is 51.3 Å². The van der Waals surface area contributed by atoms with Crippen LogP contribution < -0.4 is 0 Å². The Hall–Kier alpha value is 1.34. The molecule has 0 aromatic heterocycles. The van der Waals surface area contributed by atoms with E-state index in [0.29, 0.717) is 0 Å². The predicted octanol–water partition coefficient (Wildman–Crippen LogP) is 3.79. The first-order valence-electron chi connectivity index (χ1n) is 8.98. The van der Waals surface area contributed by atoms with E-state index < -0.39 is 12.3 Å². The van der Waals surface area contributed by atoms with E-state index >= 15 is 0 Å². The third-order valence-electron chi connectivity index (χ3n) is 3.75. The Bertz CT molecular complexity index is 508. The Morgan fingerprint density at radius 3 is 1.15 bits per heavy atom. The zero-order valence-electron chi connectivity index (χ0n) is 18.1. The summed E-state index contributed by atoms with van der Waals surface area (Å²) < 4.78 is 32.4. The van der Waals surface area contributed by atoms with E-state index in [-0.39, 0.29) is 40.1 Å². The summed E-state index contributed by atoms with van der Waals surface area (Å²) in [5.74, 6) is 0. The number of nitrogens with zero attached hydrogens (tertiary/aromatic N) is 4. The summed E-state index contributed by atoms with van der Waals surface area (Å²) in [4.78, 5) is 4.27. The average Bonchev–Trinajstić information content (AvgIpc) is 2.32. The summed E-state index contributed by atoms with van der Waals surface area (Å²) in [7, 11) is 8.19. The molecule has 1 rings (SSSR count). The van der Waals surface area contributed by atoms with Crippen molar-refractivity contribution >= 4 is 41.3 Å². The summed E-state index contributed by atoms with van der Waals surface area (Å²) in [6, 6.07) is 0. The molecule has 0 saturated carbocycles. The quantitative estimate of drug-likeness (QED) is 0.347. The van der Waals surface area contributed by atoms with Gasteiger partial charge in [-0.05, 0) is 0 Å². The molecule has 0 bridgehead atoms. The van der Waals surface area contributed by atoms with Gasteiger partial charge in [0.15, 0.2) is 0 Å². The van der Waals surface area contributed by atoms with Gasteiger partial charge in [-0.1, -0.05) is 0 Å². The molecular formula is C16H38N4O2P2Se2. The van der Waals surface area contributed by atoms with Crippen molar-refractivity contribution in [1.82, 2.24) is 18.7 Å². The molecule has 10 heteroatoms. The first kappa shape index (κ1) is 25.4. The van der Waals surface area contributed by atoms with Crippen LogP contribution in [0.25, 0.3) is 0 Å². The molecule has 1 heterocycles. The van der Waals surface area contributed by atoms with Gasteiger partial charge in [-0.15, -0.1) is 0 Å². The monoisotopic (exact) mass is 540 g/mol. The van der Waals surface area contributed by atoms with Gasteiger partial charge < -0.3 is 0 Å². The average molecular weight is 538 g/mol. The SMILES string of the molecule is CN(C)CC[Se]P1(=O)N(C(C)(C)C)P(=O)([Se]CCN(C)C)N1C(C)(C)C. The molecule has 0 aromatic carbocycles. The summed E-state index contributed by atoms with van der Waals surface area (Å²) in [6.45, 7) is 14.2. The molecular weight excluding hydrogens is 500 g/mol. The maximum absolute atomic E-state index is 14.2. The van der Waals surface area contributed by atoms with Crippen LogP contribution in [-0.4, -0.2) is 100 Å². The fourth-order valence-corrected chi connectivity index (χ4v) is 39.4. The Morgan fingerprint density at radius 2 is 0.962 bits per heavy atom. The molecule has 6 nitrogen and oxygen atoms in total. The van der Waals surface area contributed by atoms with Crippen molar-refractivity contribution in [3.05, 3.63) is 0 Å². The van der Waals surface area contributed by atoms with Crippen molar-refractivity contribution in [3.8, 4) is 0 Å². The molecule has 0 aliphatic carbocycles. The van der Waals surface area contributed by atoms with Crippen LogP contribution in [0.3, 0.4) is 0 Å².